The Morgan fingerprint density at radius 3 is 2.68 bits per heavy atom. The Morgan fingerprint density at radius 1 is 1.37 bits per heavy atom. The van der Waals surface area contributed by atoms with Crippen molar-refractivity contribution in [2.75, 3.05) is 18.9 Å². The molecule has 0 spiro atoms. The third-order valence-corrected chi connectivity index (χ3v) is 3.62. The molecule has 1 N–H and O–H groups in total. The van der Waals surface area contributed by atoms with E-state index in [-0.39, 0.29) is 11.8 Å². The molecule has 0 aromatic heterocycles. The van der Waals surface area contributed by atoms with E-state index < -0.39 is 0 Å². The van der Waals surface area contributed by atoms with Gasteiger partial charge in [0.2, 0.25) is 0 Å². The molecule has 19 heavy (non-hydrogen) atoms. The summed E-state index contributed by atoms with van der Waals surface area (Å²) in [5.41, 5.74) is 1.28. The lowest BCUT2D eigenvalue weighted by molar-refractivity contribution is 0.101. The van der Waals surface area contributed by atoms with Crippen LogP contribution in [0.3, 0.4) is 0 Å². The van der Waals surface area contributed by atoms with Crippen molar-refractivity contribution in [2.24, 2.45) is 5.92 Å². The van der Waals surface area contributed by atoms with E-state index in [0.29, 0.717) is 17.2 Å². The second-order valence-electron chi connectivity index (χ2n) is 5.24. The van der Waals surface area contributed by atoms with Gasteiger partial charge in [-0.05, 0) is 37.8 Å². The Morgan fingerprint density at radius 2 is 2.11 bits per heavy atom. The van der Waals surface area contributed by atoms with Gasteiger partial charge in [-0.1, -0.05) is 18.6 Å². The largest absolute Gasteiger partial charge is 0.327 e. The van der Waals surface area contributed by atoms with Gasteiger partial charge in [0.15, 0.2) is 5.78 Å². The number of ketones is 1. The van der Waals surface area contributed by atoms with Crippen LogP contribution in [0.1, 0.15) is 36.5 Å². The molecule has 0 bridgehead atoms. The molecule has 4 nitrogen and oxygen atoms in total. The molecule has 2 amide bonds. The van der Waals surface area contributed by atoms with Crippen LogP contribution in [0, 0.1) is 5.92 Å². The molecule has 102 valence electrons. The number of Topliss-reactive ketones (excluding diaryl/α,β-unsaturated/α-hetero) is 1. The molecule has 1 fully saturated rings. The van der Waals surface area contributed by atoms with Crippen molar-refractivity contribution in [1.82, 2.24) is 4.90 Å². The number of hydrogen-bond donors (Lipinski definition) is 1. The van der Waals surface area contributed by atoms with Gasteiger partial charge < -0.3 is 10.2 Å². The van der Waals surface area contributed by atoms with Crippen LogP contribution in [0.4, 0.5) is 10.5 Å². The molecule has 1 saturated carbocycles. The number of carbonyl (C=O) groups is 2. The molecule has 4 heteroatoms. The number of urea groups is 1. The zero-order valence-corrected chi connectivity index (χ0v) is 11.5. The fraction of sp³-hybridized carbons (Fsp3) is 0.467. The van der Waals surface area contributed by atoms with Crippen molar-refractivity contribution in [2.45, 2.75) is 26.2 Å². The minimum Gasteiger partial charge on any atom is -0.327 e. The molecule has 0 unspecified atom stereocenters. The zero-order chi connectivity index (χ0) is 13.8. The first-order chi connectivity index (χ1) is 9.06. The summed E-state index contributed by atoms with van der Waals surface area (Å²) in [5, 5.41) is 2.83. The van der Waals surface area contributed by atoms with Crippen LogP contribution in [0.25, 0.3) is 0 Å². The maximum absolute atomic E-state index is 12.0. The Balaban J connectivity index is 1.93. The van der Waals surface area contributed by atoms with Crippen LogP contribution in [0.15, 0.2) is 24.3 Å². The van der Waals surface area contributed by atoms with Crippen molar-refractivity contribution in [3.8, 4) is 0 Å². The van der Waals surface area contributed by atoms with Gasteiger partial charge in [0.1, 0.15) is 0 Å². The predicted molar refractivity (Wildman–Crippen MR) is 75.4 cm³/mol. The molecule has 1 aromatic rings. The Kier molecular flexibility index (Phi) is 4.20. The van der Waals surface area contributed by atoms with E-state index in [0.717, 1.165) is 6.54 Å². The third-order valence-electron chi connectivity index (χ3n) is 3.62. The second-order valence-corrected chi connectivity index (χ2v) is 5.24. The molecule has 1 aliphatic carbocycles. The fourth-order valence-corrected chi connectivity index (χ4v) is 2.18. The van der Waals surface area contributed by atoms with Gasteiger partial charge in [0, 0.05) is 24.8 Å². The van der Waals surface area contributed by atoms with Crippen LogP contribution >= 0.6 is 0 Å². The Hall–Kier alpha value is -1.84. The van der Waals surface area contributed by atoms with Gasteiger partial charge in [0.05, 0.1) is 0 Å². The molecule has 1 aromatic carbocycles. The van der Waals surface area contributed by atoms with Gasteiger partial charge >= 0.3 is 6.03 Å². The lowest BCUT2D eigenvalue weighted by Crippen LogP contribution is -2.37. The number of benzene rings is 1. The minimum absolute atomic E-state index is 0.000999. The number of amides is 2. The van der Waals surface area contributed by atoms with Gasteiger partial charge in [-0.2, -0.15) is 0 Å². The number of hydrogen-bond acceptors (Lipinski definition) is 2. The highest BCUT2D eigenvalue weighted by Gasteiger charge is 2.21. The van der Waals surface area contributed by atoms with E-state index in [9.17, 15) is 9.59 Å². The smallest absolute Gasteiger partial charge is 0.321 e. The zero-order valence-electron chi connectivity index (χ0n) is 11.5. The van der Waals surface area contributed by atoms with Gasteiger partial charge in [-0.25, -0.2) is 4.79 Å². The van der Waals surface area contributed by atoms with Crippen LogP contribution in [-0.4, -0.2) is 30.3 Å². The maximum atomic E-state index is 12.0. The number of nitrogens with one attached hydrogen (secondary N) is 1. The first-order valence-electron chi connectivity index (χ1n) is 6.69. The summed E-state index contributed by atoms with van der Waals surface area (Å²) in [7, 11) is 1.81. The Bertz CT molecular complexity index is 481. The van der Waals surface area contributed by atoms with E-state index in [4.69, 9.17) is 0 Å². The second kappa shape index (κ2) is 5.87. The highest BCUT2D eigenvalue weighted by molar-refractivity contribution is 5.96. The van der Waals surface area contributed by atoms with Crippen molar-refractivity contribution in [1.29, 1.82) is 0 Å². The van der Waals surface area contributed by atoms with E-state index in [1.165, 1.54) is 26.2 Å². The van der Waals surface area contributed by atoms with Crippen molar-refractivity contribution < 1.29 is 9.59 Å². The van der Waals surface area contributed by atoms with E-state index in [1.54, 1.807) is 29.2 Å². The monoisotopic (exact) mass is 260 g/mol. The SMILES string of the molecule is CC(=O)c1cccc(NC(=O)N(C)CC2CCC2)c1. The Labute approximate surface area is 113 Å². The van der Waals surface area contributed by atoms with E-state index in [1.807, 2.05) is 7.05 Å². The molecular weight excluding hydrogens is 240 g/mol. The van der Waals surface area contributed by atoms with E-state index in [2.05, 4.69) is 5.32 Å². The number of carbonyl (C=O) groups excluding carboxylic acids is 2. The van der Waals surface area contributed by atoms with Crippen LogP contribution in [0.2, 0.25) is 0 Å². The molecule has 0 radical (unpaired) electrons. The molecular formula is C15H20N2O2. The summed E-state index contributed by atoms with van der Waals surface area (Å²) in [5.74, 6) is 0.651. The average molecular weight is 260 g/mol. The van der Waals surface area contributed by atoms with Crippen LogP contribution in [-0.2, 0) is 0 Å². The lowest BCUT2D eigenvalue weighted by atomic mass is 9.85. The predicted octanol–water partition coefficient (Wildman–Crippen LogP) is 3.15. The lowest BCUT2D eigenvalue weighted by Gasteiger charge is -2.30. The summed E-state index contributed by atoms with van der Waals surface area (Å²) >= 11 is 0. The maximum Gasteiger partial charge on any atom is 0.321 e. The first kappa shape index (κ1) is 13.6. The highest BCUT2D eigenvalue weighted by atomic mass is 16.2. The topological polar surface area (TPSA) is 49.4 Å². The normalized spacial score (nSPS) is 14.6. The van der Waals surface area contributed by atoms with Crippen LogP contribution < -0.4 is 5.32 Å². The van der Waals surface area contributed by atoms with Crippen molar-refractivity contribution in [3.63, 3.8) is 0 Å². The minimum atomic E-state index is -0.118. The molecule has 0 aliphatic heterocycles. The molecule has 0 saturated heterocycles. The average Bonchev–Trinajstić information content (AvgIpc) is 2.33. The number of anilines is 1. The number of rotatable bonds is 4. The first-order valence-corrected chi connectivity index (χ1v) is 6.69. The molecule has 0 heterocycles. The molecule has 2 rings (SSSR count). The summed E-state index contributed by atoms with van der Waals surface area (Å²) in [4.78, 5) is 25.0. The molecule has 1 aliphatic rings. The summed E-state index contributed by atoms with van der Waals surface area (Å²) in [6.45, 7) is 2.32. The van der Waals surface area contributed by atoms with Gasteiger partial charge in [0.25, 0.3) is 0 Å². The molecule has 0 atom stereocenters. The summed E-state index contributed by atoms with van der Waals surface area (Å²) in [6, 6.07) is 6.90. The van der Waals surface area contributed by atoms with Crippen molar-refractivity contribution in [3.05, 3.63) is 29.8 Å². The van der Waals surface area contributed by atoms with Gasteiger partial charge in [-0.15, -0.1) is 0 Å². The van der Waals surface area contributed by atoms with E-state index >= 15 is 0 Å². The quantitative estimate of drug-likeness (QED) is 0.845. The highest BCUT2D eigenvalue weighted by Crippen LogP contribution is 2.26. The summed E-state index contributed by atoms with van der Waals surface area (Å²) in [6.07, 6.45) is 3.72. The number of nitrogens with zero attached hydrogens (tertiary/aromatic N) is 1. The van der Waals surface area contributed by atoms with Crippen LogP contribution in [0.5, 0.6) is 0 Å². The standard InChI is InChI=1S/C15H20N2O2/c1-11(18)13-7-4-8-14(9-13)16-15(19)17(2)10-12-5-3-6-12/h4,7-9,12H,3,5-6,10H2,1-2H3,(H,16,19). The van der Waals surface area contributed by atoms with Gasteiger partial charge in [-0.3, -0.25) is 4.79 Å². The fourth-order valence-electron chi connectivity index (χ4n) is 2.18. The summed E-state index contributed by atoms with van der Waals surface area (Å²) < 4.78 is 0. The van der Waals surface area contributed by atoms with Crippen molar-refractivity contribution >= 4 is 17.5 Å². The third kappa shape index (κ3) is 3.56.